The van der Waals surface area contributed by atoms with Crippen molar-refractivity contribution in [3.63, 3.8) is 0 Å². The van der Waals surface area contributed by atoms with Gasteiger partial charge >= 0.3 is 12.0 Å². The average molecular weight is 257 g/mol. The Morgan fingerprint density at radius 1 is 1.56 bits per heavy atom. The van der Waals surface area contributed by atoms with Gasteiger partial charge in [0.15, 0.2) is 0 Å². The number of aryl methyl sites for hydroxylation is 1. The fraction of sp³-hybridized carbons (Fsp3) is 0.500. The van der Waals surface area contributed by atoms with Crippen LogP contribution in [0.3, 0.4) is 0 Å². The normalized spacial score (nSPS) is 11.9. The van der Waals surface area contributed by atoms with Crippen LogP contribution in [0.5, 0.6) is 0 Å². The fourth-order valence-corrected chi connectivity index (χ4v) is 1.23. The summed E-state index contributed by atoms with van der Waals surface area (Å²) < 4.78 is 5.12. The third-order valence-electron chi connectivity index (χ3n) is 2.09. The molecule has 0 radical (unpaired) electrons. The molecule has 0 bridgehead atoms. The van der Waals surface area contributed by atoms with Gasteiger partial charge in [-0.1, -0.05) is 0 Å². The van der Waals surface area contributed by atoms with Crippen LogP contribution in [0.2, 0.25) is 0 Å². The highest BCUT2D eigenvalue weighted by Crippen LogP contribution is 2.00. The van der Waals surface area contributed by atoms with Crippen LogP contribution < -0.4 is 10.6 Å². The number of hydrogen-bond acceptors (Lipinski definition) is 5. The smallest absolute Gasteiger partial charge is 0.326 e. The lowest BCUT2D eigenvalue weighted by atomic mass is 10.2. The van der Waals surface area contributed by atoms with Crippen LogP contribution in [-0.2, 0) is 11.3 Å². The van der Waals surface area contributed by atoms with E-state index in [9.17, 15) is 9.59 Å². The van der Waals surface area contributed by atoms with Gasteiger partial charge in [-0.2, -0.15) is 0 Å². The third-order valence-corrected chi connectivity index (χ3v) is 2.09. The number of rotatable bonds is 6. The van der Waals surface area contributed by atoms with Crippen molar-refractivity contribution in [1.29, 1.82) is 0 Å². The van der Waals surface area contributed by atoms with E-state index in [1.54, 1.807) is 6.92 Å². The number of nitrogens with zero attached hydrogens (tertiary/aromatic N) is 1. The summed E-state index contributed by atoms with van der Waals surface area (Å²) in [7, 11) is 0. The maximum Gasteiger partial charge on any atom is 0.326 e. The Bertz CT molecular complexity index is 417. The van der Waals surface area contributed by atoms with Crippen molar-refractivity contribution in [3.8, 4) is 0 Å². The molecule has 18 heavy (non-hydrogen) atoms. The Balaban J connectivity index is 2.38. The van der Waals surface area contributed by atoms with Gasteiger partial charge in [-0.25, -0.2) is 14.6 Å². The van der Waals surface area contributed by atoms with Gasteiger partial charge in [0.25, 0.3) is 0 Å². The van der Waals surface area contributed by atoms with E-state index in [-0.39, 0.29) is 19.6 Å². The number of nitrogens with one attached hydrogen (secondary N) is 2. The van der Waals surface area contributed by atoms with E-state index in [1.807, 2.05) is 0 Å². The Labute approximate surface area is 103 Å². The number of carboxylic acids is 1. The molecule has 0 aliphatic heterocycles. The Morgan fingerprint density at radius 3 is 2.78 bits per heavy atom. The van der Waals surface area contributed by atoms with E-state index >= 15 is 0 Å². The molecule has 0 saturated heterocycles. The van der Waals surface area contributed by atoms with Gasteiger partial charge in [0.1, 0.15) is 11.8 Å². The SMILES string of the molecule is Cc1cnc(CNC(=O)N[C@H](CCO)C(=O)O)o1. The van der Waals surface area contributed by atoms with Gasteiger partial charge < -0.3 is 25.3 Å². The summed E-state index contributed by atoms with van der Waals surface area (Å²) in [5.74, 6) is -0.251. The highest BCUT2D eigenvalue weighted by Gasteiger charge is 2.19. The van der Waals surface area contributed by atoms with Crippen molar-refractivity contribution in [3.05, 3.63) is 17.8 Å². The molecule has 100 valence electrons. The molecule has 0 unspecified atom stereocenters. The zero-order valence-electron chi connectivity index (χ0n) is 9.84. The molecule has 2 amide bonds. The van der Waals surface area contributed by atoms with Crippen LogP contribution in [0.15, 0.2) is 10.6 Å². The minimum atomic E-state index is -1.20. The Morgan fingerprint density at radius 2 is 2.28 bits per heavy atom. The molecule has 4 N–H and O–H groups in total. The van der Waals surface area contributed by atoms with Gasteiger partial charge in [-0.15, -0.1) is 0 Å². The minimum absolute atomic E-state index is 0.0547. The summed E-state index contributed by atoms with van der Waals surface area (Å²) in [6.45, 7) is 1.46. The van der Waals surface area contributed by atoms with E-state index in [0.29, 0.717) is 11.7 Å². The molecule has 0 aliphatic carbocycles. The summed E-state index contributed by atoms with van der Waals surface area (Å²) in [6.07, 6.45) is 1.46. The summed E-state index contributed by atoms with van der Waals surface area (Å²) in [5, 5.41) is 22.0. The molecule has 1 aromatic rings. The highest BCUT2D eigenvalue weighted by molar-refractivity contribution is 5.82. The van der Waals surface area contributed by atoms with Crippen molar-refractivity contribution < 1.29 is 24.2 Å². The molecule has 8 heteroatoms. The summed E-state index contributed by atoms with van der Waals surface area (Å²) in [5.41, 5.74) is 0. The second-order valence-corrected chi connectivity index (χ2v) is 3.59. The lowest BCUT2D eigenvalue weighted by molar-refractivity contribution is -0.139. The summed E-state index contributed by atoms with van der Waals surface area (Å²) >= 11 is 0. The molecule has 1 atom stereocenters. The van der Waals surface area contributed by atoms with Crippen LogP contribution in [0.1, 0.15) is 18.1 Å². The van der Waals surface area contributed by atoms with Gasteiger partial charge in [0.2, 0.25) is 5.89 Å². The Kier molecular flexibility index (Phi) is 5.12. The molecular formula is C10H15N3O5. The second kappa shape index (κ2) is 6.60. The largest absolute Gasteiger partial charge is 0.480 e. The lowest BCUT2D eigenvalue weighted by Crippen LogP contribution is -2.46. The first kappa shape index (κ1) is 14.0. The van der Waals surface area contributed by atoms with E-state index in [2.05, 4.69) is 15.6 Å². The number of aliphatic carboxylic acids is 1. The predicted octanol–water partition coefficient (Wildman–Crippen LogP) is -0.382. The molecule has 1 heterocycles. The average Bonchev–Trinajstić information content (AvgIpc) is 2.72. The van der Waals surface area contributed by atoms with Crippen LogP contribution >= 0.6 is 0 Å². The standard InChI is InChI=1S/C10H15N3O5/c1-6-4-11-8(18-6)5-12-10(17)13-7(2-3-14)9(15)16/h4,7,14H,2-3,5H2,1H3,(H,15,16)(H2,12,13,17)/t7-/m1/s1. The summed E-state index contributed by atoms with van der Waals surface area (Å²) in [6, 6.07) is -1.78. The second-order valence-electron chi connectivity index (χ2n) is 3.59. The number of carbonyl (C=O) groups excluding carboxylic acids is 1. The highest BCUT2D eigenvalue weighted by atomic mass is 16.4. The first-order valence-electron chi connectivity index (χ1n) is 5.32. The van der Waals surface area contributed by atoms with E-state index in [1.165, 1.54) is 6.20 Å². The topological polar surface area (TPSA) is 125 Å². The van der Waals surface area contributed by atoms with Crippen molar-refractivity contribution in [2.75, 3.05) is 6.61 Å². The molecule has 0 spiro atoms. The van der Waals surface area contributed by atoms with Crippen LogP contribution in [0.4, 0.5) is 4.79 Å². The van der Waals surface area contributed by atoms with Gasteiger partial charge in [0.05, 0.1) is 12.7 Å². The van der Waals surface area contributed by atoms with Crippen molar-refractivity contribution in [1.82, 2.24) is 15.6 Å². The minimum Gasteiger partial charge on any atom is -0.480 e. The number of oxazole rings is 1. The molecule has 8 nitrogen and oxygen atoms in total. The first-order valence-corrected chi connectivity index (χ1v) is 5.32. The molecule has 1 aromatic heterocycles. The van der Waals surface area contributed by atoms with Gasteiger partial charge in [0, 0.05) is 13.0 Å². The third kappa shape index (κ3) is 4.42. The lowest BCUT2D eigenvalue weighted by Gasteiger charge is -2.13. The number of hydrogen-bond donors (Lipinski definition) is 4. The summed E-state index contributed by atoms with van der Waals surface area (Å²) in [4.78, 5) is 26.0. The molecule has 0 fully saturated rings. The van der Waals surface area contributed by atoms with Crippen LogP contribution in [-0.4, -0.2) is 39.8 Å². The number of aliphatic hydroxyl groups is 1. The molecule has 0 saturated carbocycles. The molecule has 0 aromatic carbocycles. The molecule has 0 aliphatic rings. The number of carboxylic acid groups (broad SMARTS) is 1. The fourth-order valence-electron chi connectivity index (χ4n) is 1.23. The molecular weight excluding hydrogens is 242 g/mol. The first-order chi connectivity index (χ1) is 8.52. The Hall–Kier alpha value is -2.09. The number of carbonyl (C=O) groups is 2. The van der Waals surface area contributed by atoms with Crippen LogP contribution in [0, 0.1) is 6.92 Å². The zero-order valence-corrected chi connectivity index (χ0v) is 9.84. The van der Waals surface area contributed by atoms with Crippen molar-refractivity contribution in [2.24, 2.45) is 0 Å². The van der Waals surface area contributed by atoms with Crippen LogP contribution in [0.25, 0.3) is 0 Å². The van der Waals surface area contributed by atoms with Crippen molar-refractivity contribution in [2.45, 2.75) is 25.9 Å². The van der Waals surface area contributed by atoms with Gasteiger partial charge in [-0.3, -0.25) is 0 Å². The van der Waals surface area contributed by atoms with Crippen molar-refractivity contribution >= 4 is 12.0 Å². The van der Waals surface area contributed by atoms with E-state index < -0.39 is 18.0 Å². The number of urea groups is 1. The zero-order chi connectivity index (χ0) is 13.5. The predicted molar refractivity (Wildman–Crippen MR) is 59.7 cm³/mol. The monoisotopic (exact) mass is 257 g/mol. The molecule has 1 rings (SSSR count). The quantitative estimate of drug-likeness (QED) is 0.550. The van der Waals surface area contributed by atoms with Gasteiger partial charge in [-0.05, 0) is 6.92 Å². The van der Waals surface area contributed by atoms with E-state index in [0.717, 1.165) is 0 Å². The van der Waals surface area contributed by atoms with E-state index in [4.69, 9.17) is 14.6 Å². The maximum absolute atomic E-state index is 11.4. The maximum atomic E-state index is 11.4. The number of aromatic nitrogens is 1. The number of amides is 2. The number of aliphatic hydroxyl groups excluding tert-OH is 1.